The smallest absolute Gasteiger partial charge is 0.217 e. The molecule has 0 aromatic heterocycles. The van der Waals surface area contributed by atoms with Crippen molar-refractivity contribution < 1.29 is 14.3 Å². The van der Waals surface area contributed by atoms with Crippen LogP contribution >= 0.6 is 0 Å². The van der Waals surface area contributed by atoms with Crippen molar-refractivity contribution in [2.45, 2.75) is 44.4 Å². The first-order valence-corrected chi connectivity index (χ1v) is 5.26. The van der Waals surface area contributed by atoms with E-state index in [-0.39, 0.29) is 24.2 Å². The predicted octanol–water partition coefficient (Wildman–Crippen LogP) is 0.459. The summed E-state index contributed by atoms with van der Waals surface area (Å²) in [7, 11) is 0. The number of hydrogen-bond donors (Lipinski definition) is 1. The highest BCUT2D eigenvalue weighted by Gasteiger charge is 2.34. The first-order chi connectivity index (χ1) is 6.75. The van der Waals surface area contributed by atoms with Crippen LogP contribution in [0.4, 0.5) is 0 Å². The van der Waals surface area contributed by atoms with E-state index in [4.69, 9.17) is 9.47 Å². The molecule has 1 aliphatic carbocycles. The molecule has 2 aliphatic rings. The molecule has 1 saturated carbocycles. The highest BCUT2D eigenvalue weighted by Crippen LogP contribution is 2.26. The quantitative estimate of drug-likeness (QED) is 0.667. The normalized spacial score (nSPS) is 37.4. The molecule has 4 heteroatoms. The van der Waals surface area contributed by atoms with Crippen molar-refractivity contribution in [3.8, 4) is 0 Å². The molecule has 0 aromatic rings. The van der Waals surface area contributed by atoms with Crippen molar-refractivity contribution in [1.82, 2.24) is 5.32 Å². The van der Waals surface area contributed by atoms with Crippen molar-refractivity contribution in [1.29, 1.82) is 0 Å². The Morgan fingerprint density at radius 3 is 2.64 bits per heavy atom. The van der Waals surface area contributed by atoms with Crippen LogP contribution in [0.3, 0.4) is 0 Å². The largest absolute Gasteiger partial charge is 0.373 e. The number of hydrogen-bond acceptors (Lipinski definition) is 3. The van der Waals surface area contributed by atoms with Crippen LogP contribution in [0.15, 0.2) is 0 Å². The second-order valence-electron chi connectivity index (χ2n) is 4.03. The molecule has 0 radical (unpaired) electrons. The zero-order valence-corrected chi connectivity index (χ0v) is 8.49. The Hall–Kier alpha value is -0.610. The van der Waals surface area contributed by atoms with Crippen molar-refractivity contribution in [3.63, 3.8) is 0 Å². The van der Waals surface area contributed by atoms with E-state index in [1.54, 1.807) is 6.92 Å². The first kappa shape index (κ1) is 9.93. The summed E-state index contributed by atoms with van der Waals surface area (Å²) in [6.07, 6.45) is 3.34. The number of amides is 1. The predicted molar refractivity (Wildman–Crippen MR) is 50.9 cm³/mol. The van der Waals surface area contributed by atoms with E-state index in [0.29, 0.717) is 13.2 Å². The van der Waals surface area contributed by atoms with E-state index in [1.165, 1.54) is 0 Å². The summed E-state index contributed by atoms with van der Waals surface area (Å²) in [5.41, 5.74) is 0. The van der Waals surface area contributed by atoms with Gasteiger partial charge in [-0.2, -0.15) is 0 Å². The fourth-order valence-electron chi connectivity index (χ4n) is 2.28. The molecule has 3 unspecified atom stereocenters. The molecule has 80 valence electrons. The van der Waals surface area contributed by atoms with Gasteiger partial charge in [-0.05, 0) is 19.3 Å². The van der Waals surface area contributed by atoms with Gasteiger partial charge in [0.1, 0.15) is 0 Å². The molecule has 2 fully saturated rings. The summed E-state index contributed by atoms with van der Waals surface area (Å²) >= 11 is 0. The molecule has 1 saturated heterocycles. The molecule has 1 aliphatic heterocycles. The lowest BCUT2D eigenvalue weighted by molar-refractivity contribution is -0.158. The maximum atomic E-state index is 10.9. The first-order valence-electron chi connectivity index (χ1n) is 5.26. The van der Waals surface area contributed by atoms with Gasteiger partial charge in [0.05, 0.1) is 25.4 Å². The minimum atomic E-state index is 0.0465. The van der Waals surface area contributed by atoms with Gasteiger partial charge in [0.25, 0.3) is 0 Å². The third-order valence-electron chi connectivity index (χ3n) is 2.89. The van der Waals surface area contributed by atoms with E-state index in [1.807, 2.05) is 0 Å². The lowest BCUT2D eigenvalue weighted by Gasteiger charge is -2.38. The number of carbonyl (C=O) groups excluding carboxylic acids is 1. The van der Waals surface area contributed by atoms with E-state index in [2.05, 4.69) is 5.32 Å². The van der Waals surface area contributed by atoms with Gasteiger partial charge >= 0.3 is 0 Å². The van der Waals surface area contributed by atoms with Crippen LogP contribution in [0, 0.1) is 0 Å². The number of rotatable bonds is 1. The number of ether oxygens (including phenoxy) is 2. The Bertz CT molecular complexity index is 219. The van der Waals surface area contributed by atoms with Crippen molar-refractivity contribution in [3.05, 3.63) is 0 Å². The SMILES string of the molecule is CC(=O)NC1CCC2OCCOC2C1. The van der Waals surface area contributed by atoms with Crippen LogP contribution < -0.4 is 5.32 Å². The standard InChI is InChI=1S/C10H17NO3/c1-7(12)11-8-2-3-9-10(6-8)14-5-4-13-9/h8-10H,2-6H2,1H3,(H,11,12). The zero-order chi connectivity index (χ0) is 9.97. The molecule has 1 amide bonds. The molecule has 3 atom stereocenters. The van der Waals surface area contributed by atoms with Gasteiger partial charge in [0.2, 0.25) is 5.91 Å². The second kappa shape index (κ2) is 4.28. The van der Waals surface area contributed by atoms with Crippen LogP contribution in [0.5, 0.6) is 0 Å². The molecular formula is C10H17NO3. The van der Waals surface area contributed by atoms with E-state index < -0.39 is 0 Å². The number of carbonyl (C=O) groups is 1. The maximum absolute atomic E-state index is 10.9. The Morgan fingerprint density at radius 2 is 1.93 bits per heavy atom. The van der Waals surface area contributed by atoms with Crippen LogP contribution in [0.1, 0.15) is 26.2 Å². The van der Waals surface area contributed by atoms with Gasteiger partial charge in [0, 0.05) is 13.0 Å². The Balaban J connectivity index is 1.86. The van der Waals surface area contributed by atoms with Gasteiger partial charge in [-0.25, -0.2) is 0 Å². The number of nitrogens with one attached hydrogen (secondary N) is 1. The average molecular weight is 199 g/mol. The van der Waals surface area contributed by atoms with Crippen LogP contribution in [-0.4, -0.2) is 37.4 Å². The summed E-state index contributed by atoms with van der Waals surface area (Å²) in [6.45, 7) is 2.96. The monoisotopic (exact) mass is 199 g/mol. The van der Waals surface area contributed by atoms with Crippen LogP contribution in [-0.2, 0) is 14.3 Å². The molecule has 14 heavy (non-hydrogen) atoms. The second-order valence-corrected chi connectivity index (χ2v) is 4.03. The fourth-order valence-corrected chi connectivity index (χ4v) is 2.28. The summed E-state index contributed by atoms with van der Waals surface area (Å²) in [5, 5.41) is 2.94. The summed E-state index contributed by atoms with van der Waals surface area (Å²) in [5.74, 6) is 0.0465. The lowest BCUT2D eigenvalue weighted by atomic mass is 9.89. The Kier molecular flexibility index (Phi) is 3.03. The molecule has 0 aromatic carbocycles. The van der Waals surface area contributed by atoms with E-state index >= 15 is 0 Å². The van der Waals surface area contributed by atoms with Crippen LogP contribution in [0.25, 0.3) is 0 Å². The van der Waals surface area contributed by atoms with Gasteiger partial charge < -0.3 is 14.8 Å². The highest BCUT2D eigenvalue weighted by molar-refractivity contribution is 5.73. The van der Waals surface area contributed by atoms with Crippen molar-refractivity contribution in [2.75, 3.05) is 13.2 Å². The Labute approximate surface area is 84.0 Å². The van der Waals surface area contributed by atoms with Gasteiger partial charge in [0.15, 0.2) is 0 Å². The molecule has 1 heterocycles. The third kappa shape index (κ3) is 2.25. The van der Waals surface area contributed by atoms with Crippen molar-refractivity contribution in [2.24, 2.45) is 0 Å². The highest BCUT2D eigenvalue weighted by atomic mass is 16.6. The topological polar surface area (TPSA) is 47.6 Å². The van der Waals surface area contributed by atoms with Crippen molar-refractivity contribution >= 4 is 5.91 Å². The molecule has 0 spiro atoms. The molecular weight excluding hydrogens is 182 g/mol. The Morgan fingerprint density at radius 1 is 1.21 bits per heavy atom. The molecule has 1 N–H and O–H groups in total. The van der Waals surface area contributed by atoms with E-state index in [0.717, 1.165) is 19.3 Å². The van der Waals surface area contributed by atoms with E-state index in [9.17, 15) is 4.79 Å². The molecule has 4 nitrogen and oxygen atoms in total. The van der Waals surface area contributed by atoms with Gasteiger partial charge in [-0.1, -0.05) is 0 Å². The third-order valence-corrected chi connectivity index (χ3v) is 2.89. The van der Waals surface area contributed by atoms with Crippen LogP contribution in [0.2, 0.25) is 0 Å². The average Bonchev–Trinajstić information content (AvgIpc) is 2.17. The maximum Gasteiger partial charge on any atom is 0.217 e. The molecule has 2 rings (SSSR count). The minimum Gasteiger partial charge on any atom is -0.373 e. The van der Waals surface area contributed by atoms with Gasteiger partial charge in [-0.3, -0.25) is 4.79 Å². The summed E-state index contributed by atoms with van der Waals surface area (Å²) < 4.78 is 11.2. The minimum absolute atomic E-state index is 0.0465. The molecule has 0 bridgehead atoms. The lowest BCUT2D eigenvalue weighted by Crippen LogP contribution is -2.48. The fraction of sp³-hybridized carbons (Fsp3) is 0.900. The summed E-state index contributed by atoms with van der Waals surface area (Å²) in [4.78, 5) is 10.9. The summed E-state index contributed by atoms with van der Waals surface area (Å²) in [6, 6.07) is 0.274. The number of fused-ring (bicyclic) bond motifs is 1. The van der Waals surface area contributed by atoms with Gasteiger partial charge in [-0.15, -0.1) is 0 Å². The zero-order valence-electron chi connectivity index (χ0n) is 8.49.